The second-order valence-electron chi connectivity index (χ2n) is 8.84. The predicted molar refractivity (Wildman–Crippen MR) is 140 cm³/mol. The molecule has 182 valence electrons. The normalized spacial score (nSPS) is 13.8. The number of para-hydroxylation sites is 1. The van der Waals surface area contributed by atoms with E-state index in [0.717, 1.165) is 38.1 Å². The van der Waals surface area contributed by atoms with Gasteiger partial charge in [-0.05, 0) is 67.1 Å². The number of ether oxygens (including phenoxy) is 1. The molecule has 8 nitrogen and oxygen atoms in total. The number of nitro groups is 1. The van der Waals surface area contributed by atoms with Gasteiger partial charge in [-0.15, -0.1) is 0 Å². The maximum absolute atomic E-state index is 12.1. The number of nitrogens with one attached hydrogen (secondary N) is 1. The van der Waals surface area contributed by atoms with Crippen molar-refractivity contribution in [2.75, 3.05) is 23.3 Å². The third kappa shape index (κ3) is 5.60. The zero-order valence-corrected chi connectivity index (χ0v) is 19.8. The molecular formula is C28H27N5O3. The Morgan fingerprint density at radius 3 is 2.19 bits per heavy atom. The van der Waals surface area contributed by atoms with Crippen LogP contribution in [0.15, 0.2) is 91.3 Å². The molecule has 0 radical (unpaired) electrons. The molecule has 1 aliphatic rings. The minimum Gasteiger partial charge on any atom is -0.457 e. The van der Waals surface area contributed by atoms with Gasteiger partial charge in [0.15, 0.2) is 0 Å². The largest absolute Gasteiger partial charge is 0.457 e. The van der Waals surface area contributed by atoms with Crippen molar-refractivity contribution in [1.29, 1.82) is 0 Å². The lowest BCUT2D eigenvalue weighted by molar-refractivity contribution is -0.383. The van der Waals surface area contributed by atoms with Crippen LogP contribution in [0, 0.1) is 16.0 Å². The molecule has 4 aromatic rings. The lowest BCUT2D eigenvalue weighted by Gasteiger charge is -2.32. The first-order valence-electron chi connectivity index (χ1n) is 12.0. The number of nitrogens with zero attached hydrogens (tertiary/aromatic N) is 4. The van der Waals surface area contributed by atoms with Gasteiger partial charge in [-0.3, -0.25) is 10.1 Å². The molecule has 5 rings (SSSR count). The monoisotopic (exact) mass is 481 g/mol. The first-order valence-corrected chi connectivity index (χ1v) is 12.0. The minimum absolute atomic E-state index is 0.108. The van der Waals surface area contributed by atoms with Gasteiger partial charge in [-0.25, -0.2) is 9.97 Å². The highest BCUT2D eigenvalue weighted by Crippen LogP contribution is 2.36. The van der Waals surface area contributed by atoms with Crippen molar-refractivity contribution >= 4 is 23.0 Å². The molecule has 0 aliphatic carbocycles. The summed E-state index contributed by atoms with van der Waals surface area (Å²) in [5.41, 5.74) is 1.89. The summed E-state index contributed by atoms with van der Waals surface area (Å²) in [5, 5.41) is 15.2. The van der Waals surface area contributed by atoms with Crippen molar-refractivity contribution in [1.82, 2.24) is 9.97 Å². The van der Waals surface area contributed by atoms with Crippen molar-refractivity contribution in [2.45, 2.75) is 19.3 Å². The summed E-state index contributed by atoms with van der Waals surface area (Å²) in [5.74, 6) is 2.50. The molecule has 2 heterocycles. The SMILES string of the molecule is O=[N+]([O-])c1c(Nc2ccc(Oc3ccccc3)cc2)ncnc1N1CCC(Cc2ccccc2)CC1. The van der Waals surface area contributed by atoms with E-state index in [2.05, 4.69) is 39.6 Å². The Labute approximate surface area is 209 Å². The van der Waals surface area contributed by atoms with Gasteiger partial charge >= 0.3 is 5.69 Å². The van der Waals surface area contributed by atoms with Crippen LogP contribution in [-0.4, -0.2) is 28.0 Å². The molecule has 0 atom stereocenters. The zero-order chi connectivity index (χ0) is 24.7. The summed E-state index contributed by atoms with van der Waals surface area (Å²) >= 11 is 0. The molecule has 1 fully saturated rings. The van der Waals surface area contributed by atoms with Crippen LogP contribution in [0.3, 0.4) is 0 Å². The molecular weight excluding hydrogens is 454 g/mol. The summed E-state index contributed by atoms with van der Waals surface area (Å²) in [7, 11) is 0. The first-order chi connectivity index (χ1) is 17.7. The summed E-state index contributed by atoms with van der Waals surface area (Å²) in [4.78, 5) is 22.2. The van der Waals surface area contributed by atoms with Gasteiger partial charge in [-0.1, -0.05) is 48.5 Å². The Morgan fingerprint density at radius 2 is 1.53 bits per heavy atom. The van der Waals surface area contributed by atoms with Gasteiger partial charge < -0.3 is 15.0 Å². The van der Waals surface area contributed by atoms with Crippen molar-refractivity contribution < 1.29 is 9.66 Å². The van der Waals surface area contributed by atoms with Crippen LogP contribution in [0.2, 0.25) is 0 Å². The first kappa shape index (κ1) is 23.3. The van der Waals surface area contributed by atoms with Gasteiger partial charge in [0.25, 0.3) is 0 Å². The van der Waals surface area contributed by atoms with Crippen LogP contribution in [0.1, 0.15) is 18.4 Å². The lowest BCUT2D eigenvalue weighted by atomic mass is 9.90. The Bertz CT molecular complexity index is 1290. The van der Waals surface area contributed by atoms with Gasteiger partial charge in [0.1, 0.15) is 17.8 Å². The highest BCUT2D eigenvalue weighted by atomic mass is 16.6. The Balaban J connectivity index is 1.27. The van der Waals surface area contributed by atoms with E-state index >= 15 is 0 Å². The zero-order valence-electron chi connectivity index (χ0n) is 19.8. The number of aromatic nitrogens is 2. The molecule has 0 unspecified atom stereocenters. The fourth-order valence-corrected chi connectivity index (χ4v) is 4.52. The topological polar surface area (TPSA) is 93.4 Å². The molecule has 1 aliphatic heterocycles. The molecule has 36 heavy (non-hydrogen) atoms. The molecule has 0 amide bonds. The summed E-state index contributed by atoms with van der Waals surface area (Å²) in [6.45, 7) is 1.45. The fraction of sp³-hybridized carbons (Fsp3) is 0.214. The van der Waals surface area contributed by atoms with Gasteiger partial charge in [0.05, 0.1) is 4.92 Å². The molecule has 0 bridgehead atoms. The second-order valence-corrected chi connectivity index (χ2v) is 8.84. The molecule has 1 N–H and O–H groups in total. The van der Waals surface area contributed by atoms with Crippen LogP contribution in [0.4, 0.5) is 23.0 Å². The van der Waals surface area contributed by atoms with Gasteiger partial charge in [0, 0.05) is 18.8 Å². The van der Waals surface area contributed by atoms with Crippen LogP contribution in [0.25, 0.3) is 0 Å². The van der Waals surface area contributed by atoms with Crippen LogP contribution < -0.4 is 15.0 Å². The number of hydrogen-bond donors (Lipinski definition) is 1. The van der Waals surface area contributed by atoms with E-state index in [4.69, 9.17) is 4.74 Å². The number of anilines is 3. The average molecular weight is 482 g/mol. The average Bonchev–Trinajstić information content (AvgIpc) is 2.91. The molecule has 0 spiro atoms. The molecule has 1 saturated heterocycles. The Hall–Kier alpha value is -4.46. The van der Waals surface area contributed by atoms with E-state index in [9.17, 15) is 10.1 Å². The smallest absolute Gasteiger partial charge is 0.353 e. The van der Waals surface area contributed by atoms with E-state index in [0.29, 0.717) is 23.2 Å². The van der Waals surface area contributed by atoms with Crippen molar-refractivity contribution in [3.8, 4) is 11.5 Å². The highest BCUT2D eigenvalue weighted by Gasteiger charge is 2.30. The molecule has 1 aromatic heterocycles. The van der Waals surface area contributed by atoms with E-state index in [1.807, 2.05) is 41.3 Å². The maximum Gasteiger partial charge on any atom is 0.353 e. The third-order valence-electron chi connectivity index (χ3n) is 6.36. The van der Waals surface area contributed by atoms with E-state index in [-0.39, 0.29) is 11.5 Å². The molecule has 8 heteroatoms. The summed E-state index contributed by atoms with van der Waals surface area (Å²) in [6.07, 6.45) is 4.33. The minimum atomic E-state index is -0.402. The summed E-state index contributed by atoms with van der Waals surface area (Å²) < 4.78 is 5.82. The van der Waals surface area contributed by atoms with Crippen molar-refractivity contribution in [3.63, 3.8) is 0 Å². The molecule has 0 saturated carbocycles. The molecule has 3 aromatic carbocycles. The van der Waals surface area contributed by atoms with Crippen LogP contribution >= 0.6 is 0 Å². The highest BCUT2D eigenvalue weighted by molar-refractivity contribution is 5.74. The summed E-state index contributed by atoms with van der Waals surface area (Å²) in [6, 6.07) is 27.2. The fourth-order valence-electron chi connectivity index (χ4n) is 4.52. The lowest BCUT2D eigenvalue weighted by Crippen LogP contribution is -2.35. The maximum atomic E-state index is 12.1. The van der Waals surface area contributed by atoms with E-state index in [1.165, 1.54) is 11.9 Å². The number of hydrogen-bond acceptors (Lipinski definition) is 7. The number of rotatable bonds is 8. The Morgan fingerprint density at radius 1 is 0.889 bits per heavy atom. The number of piperidine rings is 1. The van der Waals surface area contributed by atoms with Crippen LogP contribution in [0.5, 0.6) is 11.5 Å². The Kier molecular flexibility index (Phi) is 7.02. The van der Waals surface area contributed by atoms with E-state index in [1.54, 1.807) is 24.3 Å². The van der Waals surface area contributed by atoms with Gasteiger partial charge in [0.2, 0.25) is 11.6 Å². The predicted octanol–water partition coefficient (Wildman–Crippen LogP) is 6.38. The van der Waals surface area contributed by atoms with Crippen molar-refractivity contribution in [2.24, 2.45) is 5.92 Å². The quantitative estimate of drug-likeness (QED) is 0.230. The second kappa shape index (κ2) is 10.9. The van der Waals surface area contributed by atoms with Gasteiger partial charge in [-0.2, -0.15) is 0 Å². The number of benzene rings is 3. The third-order valence-corrected chi connectivity index (χ3v) is 6.36. The standard InChI is InChI=1S/C28H27N5O3/c34-33(35)26-27(31-23-11-13-25(14-12-23)36-24-9-5-2-6-10-24)29-20-30-28(26)32-17-15-22(16-18-32)19-21-7-3-1-4-8-21/h1-14,20,22H,15-19H2,(H,29,30,31). The van der Waals surface area contributed by atoms with E-state index < -0.39 is 4.92 Å². The van der Waals surface area contributed by atoms with Crippen LogP contribution in [-0.2, 0) is 6.42 Å². The van der Waals surface area contributed by atoms with Crippen molar-refractivity contribution in [3.05, 3.63) is 107 Å².